The molecule has 1 atom stereocenters. The largest absolute Gasteiger partial charge is 0.492 e. The second-order valence-electron chi connectivity index (χ2n) is 6.76. The van der Waals surface area contributed by atoms with Crippen molar-refractivity contribution >= 4 is 0 Å². The second-order valence-corrected chi connectivity index (χ2v) is 6.76. The summed E-state index contributed by atoms with van der Waals surface area (Å²) in [5, 5.41) is 3.09. The zero-order valence-corrected chi connectivity index (χ0v) is 16.0. The maximum atomic E-state index is 5.78. The second kappa shape index (κ2) is 10.0. The summed E-state index contributed by atoms with van der Waals surface area (Å²) in [6.07, 6.45) is 5.51. The maximum absolute atomic E-state index is 5.78. The summed E-state index contributed by atoms with van der Waals surface area (Å²) < 4.78 is 5.78. The first-order chi connectivity index (χ1) is 12.2. The van der Waals surface area contributed by atoms with Crippen molar-refractivity contribution in [1.82, 2.24) is 5.32 Å². The van der Waals surface area contributed by atoms with Crippen molar-refractivity contribution in [1.29, 1.82) is 0 Å². The predicted molar refractivity (Wildman–Crippen MR) is 108 cm³/mol. The lowest BCUT2D eigenvalue weighted by molar-refractivity contribution is 0.318. The Morgan fingerprint density at radius 3 is 2.44 bits per heavy atom. The fourth-order valence-corrected chi connectivity index (χ4v) is 3.03. The third-order valence-corrected chi connectivity index (χ3v) is 4.56. The van der Waals surface area contributed by atoms with Gasteiger partial charge in [-0.3, -0.25) is 0 Å². The van der Waals surface area contributed by atoms with Gasteiger partial charge in [0.1, 0.15) is 12.4 Å². The molecule has 0 heterocycles. The summed E-state index contributed by atoms with van der Waals surface area (Å²) in [6, 6.07) is 17.3. The molecule has 25 heavy (non-hydrogen) atoms. The van der Waals surface area contributed by atoms with E-state index in [1.54, 1.807) is 0 Å². The van der Waals surface area contributed by atoms with Crippen molar-refractivity contribution in [2.75, 3.05) is 20.2 Å². The Bertz CT molecular complexity index is 658. The van der Waals surface area contributed by atoms with E-state index in [1.807, 2.05) is 13.1 Å². The normalized spacial score (nSPS) is 12.7. The zero-order chi connectivity index (χ0) is 18.1. The van der Waals surface area contributed by atoms with E-state index in [0.29, 0.717) is 18.4 Å². The van der Waals surface area contributed by atoms with Crippen LogP contribution in [0.1, 0.15) is 38.7 Å². The predicted octanol–water partition coefficient (Wildman–Crippen LogP) is 5.66. The quantitative estimate of drug-likeness (QED) is 0.471. The average Bonchev–Trinajstić information content (AvgIpc) is 2.63. The van der Waals surface area contributed by atoms with Gasteiger partial charge in [-0.15, -0.1) is 0 Å². The molecular formula is C23H31NO. The van der Waals surface area contributed by atoms with Gasteiger partial charge in [-0.05, 0) is 61.1 Å². The van der Waals surface area contributed by atoms with E-state index in [2.05, 4.69) is 80.7 Å². The maximum Gasteiger partial charge on any atom is 0.119 e. The molecule has 2 aromatic carbocycles. The monoisotopic (exact) mass is 337 g/mol. The van der Waals surface area contributed by atoms with Gasteiger partial charge in [0.15, 0.2) is 0 Å². The molecule has 1 N–H and O–H groups in total. The number of hydrogen-bond acceptors (Lipinski definition) is 2. The molecule has 0 bridgehead atoms. The fourth-order valence-electron chi connectivity index (χ4n) is 3.03. The minimum Gasteiger partial charge on any atom is -0.492 e. The Balaban J connectivity index is 2.14. The van der Waals surface area contributed by atoms with Gasteiger partial charge in [0.25, 0.3) is 0 Å². The van der Waals surface area contributed by atoms with Crippen LogP contribution < -0.4 is 10.1 Å². The third kappa shape index (κ3) is 5.75. The highest BCUT2D eigenvalue weighted by Gasteiger charge is 2.14. The van der Waals surface area contributed by atoms with Crippen molar-refractivity contribution in [3.05, 3.63) is 66.2 Å². The standard InChI is InChI=1S/C23H31NO/c1-5-6-10-23(18(2)3)20-13-11-19(12-14-20)21-8-7-9-22(17-21)25-16-15-24-4/h5-9,11-14,17-18,23-24H,10,15-16H2,1-4H3/b6-5-/t23-/m1/s1. The van der Waals surface area contributed by atoms with Crippen LogP contribution in [-0.2, 0) is 0 Å². The van der Waals surface area contributed by atoms with Gasteiger partial charge >= 0.3 is 0 Å². The Kier molecular flexibility index (Phi) is 7.75. The summed E-state index contributed by atoms with van der Waals surface area (Å²) in [5.74, 6) is 2.12. The van der Waals surface area contributed by atoms with Crippen LogP contribution in [0, 0.1) is 5.92 Å². The highest BCUT2D eigenvalue weighted by atomic mass is 16.5. The molecule has 0 unspecified atom stereocenters. The van der Waals surface area contributed by atoms with E-state index in [1.165, 1.54) is 16.7 Å². The molecule has 0 aliphatic rings. The molecular weight excluding hydrogens is 306 g/mol. The van der Waals surface area contributed by atoms with Crippen LogP contribution in [0.3, 0.4) is 0 Å². The molecule has 0 aliphatic carbocycles. The highest BCUT2D eigenvalue weighted by molar-refractivity contribution is 5.65. The van der Waals surface area contributed by atoms with Gasteiger partial charge in [-0.25, -0.2) is 0 Å². The number of benzene rings is 2. The minimum atomic E-state index is 0.571. The molecule has 0 spiro atoms. The van der Waals surface area contributed by atoms with Crippen LogP contribution in [0.4, 0.5) is 0 Å². The first kappa shape index (κ1) is 19.3. The Morgan fingerprint density at radius 2 is 1.80 bits per heavy atom. The SMILES string of the molecule is C/C=C\C[C@@H](c1ccc(-c2cccc(OCCNC)c2)cc1)C(C)C. The number of likely N-dealkylation sites (N-methyl/N-ethyl adjacent to an activating group) is 1. The molecule has 0 saturated carbocycles. The summed E-state index contributed by atoms with van der Waals surface area (Å²) in [7, 11) is 1.93. The van der Waals surface area contributed by atoms with Gasteiger partial charge in [-0.2, -0.15) is 0 Å². The Morgan fingerprint density at radius 1 is 1.04 bits per heavy atom. The smallest absolute Gasteiger partial charge is 0.119 e. The number of nitrogens with one attached hydrogen (secondary N) is 1. The molecule has 0 radical (unpaired) electrons. The van der Waals surface area contributed by atoms with Crippen LogP contribution >= 0.6 is 0 Å². The number of ether oxygens (including phenoxy) is 1. The Labute approximate surface area is 152 Å². The first-order valence-electron chi connectivity index (χ1n) is 9.24. The highest BCUT2D eigenvalue weighted by Crippen LogP contribution is 2.31. The van der Waals surface area contributed by atoms with E-state index < -0.39 is 0 Å². The fraction of sp³-hybridized carbons (Fsp3) is 0.391. The van der Waals surface area contributed by atoms with E-state index in [0.717, 1.165) is 18.7 Å². The third-order valence-electron chi connectivity index (χ3n) is 4.56. The van der Waals surface area contributed by atoms with Gasteiger partial charge in [0.05, 0.1) is 0 Å². The van der Waals surface area contributed by atoms with Gasteiger partial charge in [-0.1, -0.05) is 62.4 Å². The zero-order valence-electron chi connectivity index (χ0n) is 16.0. The van der Waals surface area contributed by atoms with Crippen LogP contribution in [-0.4, -0.2) is 20.2 Å². The summed E-state index contributed by atoms with van der Waals surface area (Å²) in [6.45, 7) is 8.22. The lowest BCUT2D eigenvalue weighted by atomic mass is 9.85. The molecule has 2 heteroatoms. The molecule has 0 aliphatic heterocycles. The summed E-state index contributed by atoms with van der Waals surface area (Å²) in [5.41, 5.74) is 3.85. The molecule has 0 saturated heterocycles. The molecule has 2 aromatic rings. The molecule has 134 valence electrons. The van der Waals surface area contributed by atoms with Crippen molar-refractivity contribution in [2.24, 2.45) is 5.92 Å². The van der Waals surface area contributed by atoms with E-state index >= 15 is 0 Å². The molecule has 2 rings (SSSR count). The molecule has 0 aromatic heterocycles. The summed E-state index contributed by atoms with van der Waals surface area (Å²) >= 11 is 0. The molecule has 2 nitrogen and oxygen atoms in total. The first-order valence-corrected chi connectivity index (χ1v) is 9.24. The number of hydrogen-bond donors (Lipinski definition) is 1. The van der Waals surface area contributed by atoms with Crippen LogP contribution in [0.2, 0.25) is 0 Å². The average molecular weight is 338 g/mol. The van der Waals surface area contributed by atoms with Crippen molar-refractivity contribution in [2.45, 2.75) is 33.1 Å². The Hall–Kier alpha value is -2.06. The van der Waals surface area contributed by atoms with E-state index in [-0.39, 0.29) is 0 Å². The van der Waals surface area contributed by atoms with Crippen LogP contribution in [0.15, 0.2) is 60.7 Å². The summed E-state index contributed by atoms with van der Waals surface area (Å²) in [4.78, 5) is 0. The number of rotatable bonds is 9. The van der Waals surface area contributed by atoms with Gasteiger partial charge < -0.3 is 10.1 Å². The van der Waals surface area contributed by atoms with E-state index in [4.69, 9.17) is 4.74 Å². The topological polar surface area (TPSA) is 21.3 Å². The van der Waals surface area contributed by atoms with Gasteiger partial charge in [0.2, 0.25) is 0 Å². The van der Waals surface area contributed by atoms with E-state index in [9.17, 15) is 0 Å². The van der Waals surface area contributed by atoms with Crippen molar-refractivity contribution < 1.29 is 4.74 Å². The van der Waals surface area contributed by atoms with Crippen molar-refractivity contribution in [3.8, 4) is 16.9 Å². The van der Waals surface area contributed by atoms with Gasteiger partial charge in [0, 0.05) is 6.54 Å². The lowest BCUT2D eigenvalue weighted by Gasteiger charge is -2.20. The van der Waals surface area contributed by atoms with Crippen LogP contribution in [0.5, 0.6) is 5.75 Å². The van der Waals surface area contributed by atoms with Crippen molar-refractivity contribution in [3.63, 3.8) is 0 Å². The molecule has 0 amide bonds. The van der Waals surface area contributed by atoms with Crippen LogP contribution in [0.25, 0.3) is 11.1 Å². The number of allylic oxidation sites excluding steroid dienone is 2. The lowest BCUT2D eigenvalue weighted by Crippen LogP contribution is -2.15. The minimum absolute atomic E-state index is 0.571. The molecule has 0 fully saturated rings.